The average molecular weight is 486 g/mol. The maximum Gasteiger partial charge on any atom is 0.272 e. The predicted molar refractivity (Wildman–Crippen MR) is 125 cm³/mol. The van der Waals surface area contributed by atoms with Gasteiger partial charge >= 0.3 is 0 Å². The van der Waals surface area contributed by atoms with Gasteiger partial charge in [0.15, 0.2) is 5.78 Å². The molecule has 0 bridgehead atoms. The second-order valence-electron chi connectivity index (χ2n) is 9.16. The molecule has 0 radical (unpaired) electrons. The van der Waals surface area contributed by atoms with Crippen molar-refractivity contribution in [2.75, 3.05) is 24.5 Å². The molecule has 11 heteroatoms. The summed E-state index contributed by atoms with van der Waals surface area (Å²) in [5.41, 5.74) is -0.990. The van der Waals surface area contributed by atoms with Crippen molar-refractivity contribution >= 4 is 23.3 Å². The lowest BCUT2D eigenvalue weighted by atomic mass is 9.94. The van der Waals surface area contributed by atoms with Gasteiger partial charge < -0.3 is 20.6 Å². The van der Waals surface area contributed by atoms with E-state index in [0.29, 0.717) is 38.2 Å². The lowest BCUT2D eigenvalue weighted by Gasteiger charge is -2.35. The zero-order valence-electron chi connectivity index (χ0n) is 19.3. The second kappa shape index (κ2) is 9.95. The van der Waals surface area contributed by atoms with Crippen LogP contribution in [0.5, 0.6) is 0 Å². The molecule has 1 saturated carbocycles. The van der Waals surface area contributed by atoms with Crippen LogP contribution in [-0.4, -0.2) is 64.2 Å². The van der Waals surface area contributed by atoms with Crippen molar-refractivity contribution in [1.29, 1.82) is 0 Å². The van der Waals surface area contributed by atoms with E-state index in [1.807, 2.05) is 4.90 Å². The van der Waals surface area contributed by atoms with E-state index < -0.39 is 34.7 Å². The summed E-state index contributed by atoms with van der Waals surface area (Å²) in [7, 11) is 0. The molecule has 1 aliphatic carbocycles. The SMILES string of the molecule is CC(O)C(=O)c1c(F)cccc1N1CCC(CNC(=O)C2(NC(=O)c3ccc(=O)[nH]n3)CC2)CC1. The van der Waals surface area contributed by atoms with Crippen LogP contribution in [0.1, 0.15) is 53.5 Å². The molecule has 4 N–H and O–H groups in total. The van der Waals surface area contributed by atoms with Gasteiger partial charge in [0.1, 0.15) is 23.2 Å². The van der Waals surface area contributed by atoms with Gasteiger partial charge in [0.25, 0.3) is 11.5 Å². The molecular weight excluding hydrogens is 457 g/mol. The first-order valence-electron chi connectivity index (χ1n) is 11.6. The number of nitrogens with one attached hydrogen (secondary N) is 3. The number of carbonyl (C=O) groups excluding carboxylic acids is 3. The molecule has 1 unspecified atom stereocenters. The fourth-order valence-electron chi connectivity index (χ4n) is 4.30. The summed E-state index contributed by atoms with van der Waals surface area (Å²) in [5, 5.41) is 21.2. The summed E-state index contributed by atoms with van der Waals surface area (Å²) in [6.45, 7) is 2.90. The first-order chi connectivity index (χ1) is 16.7. The van der Waals surface area contributed by atoms with Crippen LogP contribution >= 0.6 is 0 Å². The minimum absolute atomic E-state index is 0.0295. The number of hydrogen-bond acceptors (Lipinski definition) is 7. The zero-order chi connectivity index (χ0) is 25.2. The minimum Gasteiger partial charge on any atom is -0.385 e. The topological polar surface area (TPSA) is 144 Å². The van der Waals surface area contributed by atoms with Gasteiger partial charge in [-0.2, -0.15) is 5.10 Å². The number of nitrogens with zero attached hydrogens (tertiary/aromatic N) is 2. The van der Waals surface area contributed by atoms with Gasteiger partial charge in [-0.3, -0.25) is 19.2 Å². The molecule has 4 rings (SSSR count). The van der Waals surface area contributed by atoms with Gasteiger partial charge in [0, 0.05) is 25.7 Å². The Balaban J connectivity index is 1.30. The quantitative estimate of drug-likeness (QED) is 0.404. The number of aromatic amines is 1. The molecule has 0 spiro atoms. The lowest BCUT2D eigenvalue weighted by Crippen LogP contribution is -2.50. The first kappa shape index (κ1) is 24.5. The van der Waals surface area contributed by atoms with Crippen LogP contribution in [0.4, 0.5) is 10.1 Å². The zero-order valence-corrected chi connectivity index (χ0v) is 19.3. The maximum atomic E-state index is 14.4. The highest BCUT2D eigenvalue weighted by molar-refractivity contribution is 6.04. The monoisotopic (exact) mass is 485 g/mol. The number of aromatic nitrogens is 2. The number of hydrogen-bond donors (Lipinski definition) is 4. The number of carbonyl (C=O) groups is 3. The van der Waals surface area contributed by atoms with Crippen molar-refractivity contribution in [3.05, 3.63) is 57.8 Å². The number of H-pyrrole nitrogens is 1. The number of benzene rings is 1. The molecule has 1 aromatic heterocycles. The van der Waals surface area contributed by atoms with Crippen LogP contribution < -0.4 is 21.1 Å². The fraction of sp³-hybridized carbons (Fsp3) is 0.458. The Morgan fingerprint density at radius 1 is 1.23 bits per heavy atom. The molecule has 2 aromatic rings. The molecule has 35 heavy (non-hydrogen) atoms. The van der Waals surface area contributed by atoms with E-state index in [-0.39, 0.29) is 23.1 Å². The van der Waals surface area contributed by atoms with Crippen molar-refractivity contribution in [3.63, 3.8) is 0 Å². The van der Waals surface area contributed by atoms with Crippen LogP contribution in [-0.2, 0) is 4.79 Å². The van der Waals surface area contributed by atoms with Gasteiger partial charge in [-0.25, -0.2) is 9.49 Å². The molecule has 2 heterocycles. The average Bonchev–Trinajstić information content (AvgIpc) is 3.63. The molecule has 2 aliphatic rings. The van der Waals surface area contributed by atoms with E-state index >= 15 is 0 Å². The Kier molecular flexibility index (Phi) is 6.97. The number of aliphatic hydroxyl groups excluding tert-OH is 1. The number of amides is 2. The number of Topliss-reactive ketones (excluding diaryl/α,β-unsaturated/α-hetero) is 1. The minimum atomic E-state index is -1.30. The number of ketones is 1. The third-order valence-electron chi connectivity index (χ3n) is 6.57. The predicted octanol–water partition coefficient (Wildman–Crippen LogP) is 0.768. The summed E-state index contributed by atoms with van der Waals surface area (Å²) in [4.78, 5) is 50.5. The number of aliphatic hydroxyl groups is 1. The summed E-state index contributed by atoms with van der Waals surface area (Å²) < 4.78 is 14.4. The molecule has 10 nitrogen and oxygen atoms in total. The van der Waals surface area contributed by atoms with Crippen LogP contribution in [0.15, 0.2) is 35.1 Å². The third-order valence-corrected chi connectivity index (χ3v) is 6.57. The van der Waals surface area contributed by atoms with E-state index in [2.05, 4.69) is 20.8 Å². The number of rotatable bonds is 8. The normalized spacial score (nSPS) is 18.0. The maximum absolute atomic E-state index is 14.4. The highest BCUT2D eigenvalue weighted by Crippen LogP contribution is 2.36. The largest absolute Gasteiger partial charge is 0.385 e. The van der Waals surface area contributed by atoms with Crippen molar-refractivity contribution in [3.8, 4) is 0 Å². The van der Waals surface area contributed by atoms with Crippen molar-refractivity contribution in [2.45, 2.75) is 44.2 Å². The van der Waals surface area contributed by atoms with E-state index in [0.717, 1.165) is 12.8 Å². The highest BCUT2D eigenvalue weighted by Gasteiger charge is 2.51. The van der Waals surface area contributed by atoms with Crippen molar-refractivity contribution in [2.24, 2.45) is 5.92 Å². The van der Waals surface area contributed by atoms with Gasteiger partial charge in [-0.15, -0.1) is 0 Å². The molecule has 186 valence electrons. The third kappa shape index (κ3) is 5.40. The summed E-state index contributed by atoms with van der Waals surface area (Å²) >= 11 is 0. The Bertz CT molecular complexity index is 1160. The van der Waals surface area contributed by atoms with Crippen molar-refractivity contribution in [1.82, 2.24) is 20.8 Å². The summed E-state index contributed by atoms with van der Waals surface area (Å²) in [6.07, 6.45) is 1.19. The van der Waals surface area contributed by atoms with Gasteiger partial charge in [-0.05, 0) is 56.7 Å². The molecule has 1 atom stereocenters. The molecule has 2 fully saturated rings. The van der Waals surface area contributed by atoms with Gasteiger partial charge in [-0.1, -0.05) is 6.07 Å². The van der Waals surface area contributed by atoms with Gasteiger partial charge in [0.2, 0.25) is 5.91 Å². The van der Waals surface area contributed by atoms with E-state index in [1.165, 1.54) is 25.1 Å². The molecule has 1 saturated heterocycles. The lowest BCUT2D eigenvalue weighted by molar-refractivity contribution is -0.124. The summed E-state index contributed by atoms with van der Waals surface area (Å²) in [6, 6.07) is 6.93. The van der Waals surface area contributed by atoms with Crippen LogP contribution in [0.25, 0.3) is 0 Å². The van der Waals surface area contributed by atoms with Crippen LogP contribution in [0.3, 0.4) is 0 Å². The standard InChI is InChI=1S/C24H28FN5O5/c1-14(31)21(33)20-16(25)3-2-4-18(20)30-11-7-15(8-12-30)13-26-23(35)24(9-10-24)27-22(34)17-5-6-19(32)29-28-17/h2-6,14-15,31H,7-13H2,1H3,(H,26,35)(H,27,34)(H,29,32). The Morgan fingerprint density at radius 3 is 2.54 bits per heavy atom. The van der Waals surface area contributed by atoms with E-state index in [1.54, 1.807) is 12.1 Å². The molecule has 1 aromatic carbocycles. The van der Waals surface area contributed by atoms with Crippen LogP contribution in [0, 0.1) is 11.7 Å². The van der Waals surface area contributed by atoms with Crippen molar-refractivity contribution < 1.29 is 23.9 Å². The molecular formula is C24H28FN5O5. The Morgan fingerprint density at radius 2 is 1.94 bits per heavy atom. The Hall–Kier alpha value is -3.60. The second-order valence-corrected chi connectivity index (χ2v) is 9.16. The van der Waals surface area contributed by atoms with E-state index in [4.69, 9.17) is 0 Å². The molecule has 2 amide bonds. The fourth-order valence-corrected chi connectivity index (χ4v) is 4.30. The number of piperidine rings is 1. The molecule has 1 aliphatic heterocycles. The smallest absolute Gasteiger partial charge is 0.272 e. The highest BCUT2D eigenvalue weighted by atomic mass is 19.1. The van der Waals surface area contributed by atoms with E-state index in [9.17, 15) is 28.7 Å². The van der Waals surface area contributed by atoms with Gasteiger partial charge in [0.05, 0.1) is 11.3 Å². The first-order valence-corrected chi connectivity index (χ1v) is 11.6. The van der Waals surface area contributed by atoms with Crippen LogP contribution in [0.2, 0.25) is 0 Å². The Labute approximate surface area is 200 Å². The number of anilines is 1. The summed E-state index contributed by atoms with van der Waals surface area (Å²) in [5.74, 6) is -1.91. The number of halogens is 1.